The van der Waals surface area contributed by atoms with E-state index >= 15 is 0 Å². The van der Waals surface area contributed by atoms with E-state index in [9.17, 15) is 0 Å². The van der Waals surface area contributed by atoms with Crippen LogP contribution in [0.25, 0.3) is 0 Å². The number of rotatable bonds is 3. The summed E-state index contributed by atoms with van der Waals surface area (Å²) in [5.41, 5.74) is 5.14. The predicted molar refractivity (Wildman–Crippen MR) is 37.2 cm³/mol. The molecule has 0 fully saturated rings. The topological polar surface area (TPSA) is 38.4 Å². The summed E-state index contributed by atoms with van der Waals surface area (Å²) < 4.78 is 0. The highest BCUT2D eigenvalue weighted by atomic mass is 14.7. The zero-order valence-electron chi connectivity index (χ0n) is 5.17. The molecule has 0 spiro atoms. The first-order valence-corrected chi connectivity index (χ1v) is 2.71. The highest BCUT2D eigenvalue weighted by Crippen LogP contribution is 1.70. The molecule has 0 aliphatic carbocycles. The van der Waals surface area contributed by atoms with Gasteiger partial charge in [-0.05, 0) is 6.92 Å². The molecule has 0 aromatic carbocycles. The molecule has 8 heavy (non-hydrogen) atoms. The molecular formula is C6H12N2. The van der Waals surface area contributed by atoms with Crippen LogP contribution in [0.3, 0.4) is 0 Å². The Hall–Kier alpha value is -0.630. The van der Waals surface area contributed by atoms with Gasteiger partial charge >= 0.3 is 0 Å². The van der Waals surface area contributed by atoms with Crippen LogP contribution in [0.1, 0.15) is 6.92 Å². The standard InChI is InChI=1S/C6H12N2/c1-2-3-5-8-6-4-7/h2-3,6H,4-5,7H2,1H3/b3-2+,8-6?. The van der Waals surface area contributed by atoms with Crippen molar-refractivity contribution >= 4 is 6.21 Å². The van der Waals surface area contributed by atoms with E-state index in [1.165, 1.54) is 0 Å². The zero-order valence-corrected chi connectivity index (χ0v) is 5.17. The number of hydrogen-bond acceptors (Lipinski definition) is 2. The predicted octanol–water partition coefficient (Wildman–Crippen LogP) is 0.592. The van der Waals surface area contributed by atoms with Crippen LogP contribution in [-0.4, -0.2) is 19.3 Å². The van der Waals surface area contributed by atoms with Crippen molar-refractivity contribution in [3.05, 3.63) is 12.2 Å². The van der Waals surface area contributed by atoms with E-state index in [0.29, 0.717) is 6.54 Å². The monoisotopic (exact) mass is 112 g/mol. The van der Waals surface area contributed by atoms with Gasteiger partial charge in [0.25, 0.3) is 0 Å². The molecule has 0 atom stereocenters. The molecule has 0 unspecified atom stereocenters. The maximum Gasteiger partial charge on any atom is 0.0566 e. The quantitative estimate of drug-likeness (QED) is 0.421. The smallest absolute Gasteiger partial charge is 0.0566 e. The molecule has 0 saturated heterocycles. The van der Waals surface area contributed by atoms with Gasteiger partial charge in [-0.25, -0.2) is 0 Å². The minimum Gasteiger partial charge on any atom is -0.326 e. The Labute approximate surface area is 50.1 Å². The molecule has 0 aliphatic rings. The summed E-state index contributed by atoms with van der Waals surface area (Å²) >= 11 is 0. The average Bonchev–Trinajstić information content (AvgIpc) is 1.81. The summed E-state index contributed by atoms with van der Waals surface area (Å²) in [6.07, 6.45) is 5.65. The van der Waals surface area contributed by atoms with Crippen LogP contribution in [0.2, 0.25) is 0 Å². The molecule has 0 amide bonds. The summed E-state index contributed by atoms with van der Waals surface area (Å²) in [5, 5.41) is 0. The van der Waals surface area contributed by atoms with E-state index in [1.807, 2.05) is 19.1 Å². The minimum absolute atomic E-state index is 0.539. The van der Waals surface area contributed by atoms with Gasteiger partial charge in [0.05, 0.1) is 6.54 Å². The average molecular weight is 112 g/mol. The van der Waals surface area contributed by atoms with Crippen LogP contribution in [0.5, 0.6) is 0 Å². The second-order valence-electron chi connectivity index (χ2n) is 1.35. The van der Waals surface area contributed by atoms with Crippen molar-refractivity contribution in [1.29, 1.82) is 0 Å². The van der Waals surface area contributed by atoms with Crippen LogP contribution >= 0.6 is 0 Å². The zero-order chi connectivity index (χ0) is 6.24. The Balaban J connectivity index is 3.03. The molecule has 0 rings (SSSR count). The molecule has 2 nitrogen and oxygen atoms in total. The van der Waals surface area contributed by atoms with Crippen molar-refractivity contribution in [3.8, 4) is 0 Å². The Morgan fingerprint density at radius 2 is 2.38 bits per heavy atom. The van der Waals surface area contributed by atoms with Gasteiger partial charge in [0.1, 0.15) is 0 Å². The van der Waals surface area contributed by atoms with Crippen LogP contribution in [-0.2, 0) is 0 Å². The summed E-state index contributed by atoms with van der Waals surface area (Å²) in [6.45, 7) is 3.27. The molecule has 0 bridgehead atoms. The summed E-state index contributed by atoms with van der Waals surface area (Å²) in [4.78, 5) is 3.94. The van der Waals surface area contributed by atoms with Crippen molar-refractivity contribution in [3.63, 3.8) is 0 Å². The Kier molecular flexibility index (Phi) is 5.87. The highest BCUT2D eigenvalue weighted by molar-refractivity contribution is 5.59. The fourth-order valence-corrected chi connectivity index (χ4v) is 0.315. The number of allylic oxidation sites excluding steroid dienone is 1. The molecule has 2 N–H and O–H groups in total. The van der Waals surface area contributed by atoms with Crippen LogP contribution in [0.4, 0.5) is 0 Å². The van der Waals surface area contributed by atoms with Gasteiger partial charge < -0.3 is 5.73 Å². The number of hydrogen-bond donors (Lipinski definition) is 1. The molecular weight excluding hydrogens is 100 g/mol. The van der Waals surface area contributed by atoms with E-state index in [4.69, 9.17) is 5.73 Å². The first kappa shape index (κ1) is 7.37. The highest BCUT2D eigenvalue weighted by Gasteiger charge is 1.65. The molecule has 2 heteroatoms. The normalized spacial score (nSPS) is 11.8. The third kappa shape index (κ3) is 5.37. The van der Waals surface area contributed by atoms with Gasteiger partial charge in [-0.3, -0.25) is 4.99 Å². The summed E-state index contributed by atoms with van der Waals surface area (Å²) in [5.74, 6) is 0. The first-order chi connectivity index (χ1) is 3.91. The number of nitrogens with two attached hydrogens (primary N) is 1. The van der Waals surface area contributed by atoms with E-state index in [1.54, 1.807) is 6.21 Å². The maximum absolute atomic E-state index is 5.14. The van der Waals surface area contributed by atoms with Crippen molar-refractivity contribution < 1.29 is 0 Å². The molecule has 46 valence electrons. The van der Waals surface area contributed by atoms with Gasteiger partial charge in [0.2, 0.25) is 0 Å². The lowest BCUT2D eigenvalue weighted by molar-refractivity contribution is 1.22. The Bertz CT molecular complexity index is 84.5. The van der Waals surface area contributed by atoms with Crippen molar-refractivity contribution in [2.45, 2.75) is 6.92 Å². The van der Waals surface area contributed by atoms with Crippen molar-refractivity contribution in [2.24, 2.45) is 10.7 Å². The fourth-order valence-electron chi connectivity index (χ4n) is 0.315. The van der Waals surface area contributed by atoms with Crippen LogP contribution in [0, 0.1) is 0 Å². The molecule has 0 radical (unpaired) electrons. The Morgan fingerprint density at radius 3 is 2.88 bits per heavy atom. The summed E-state index contributed by atoms with van der Waals surface area (Å²) in [7, 11) is 0. The van der Waals surface area contributed by atoms with E-state index in [0.717, 1.165) is 6.54 Å². The van der Waals surface area contributed by atoms with Gasteiger partial charge in [-0.15, -0.1) is 0 Å². The molecule has 0 heterocycles. The van der Waals surface area contributed by atoms with Crippen molar-refractivity contribution in [2.75, 3.05) is 13.1 Å². The van der Waals surface area contributed by atoms with E-state index < -0.39 is 0 Å². The largest absolute Gasteiger partial charge is 0.326 e. The second kappa shape index (κ2) is 6.37. The Morgan fingerprint density at radius 1 is 1.62 bits per heavy atom. The molecule has 0 saturated carbocycles. The lowest BCUT2D eigenvalue weighted by Crippen LogP contribution is -1.98. The SMILES string of the molecule is C/C=C/CN=CCN. The summed E-state index contributed by atoms with van der Waals surface area (Å²) in [6, 6.07) is 0. The maximum atomic E-state index is 5.14. The van der Waals surface area contributed by atoms with E-state index in [-0.39, 0.29) is 0 Å². The fraction of sp³-hybridized carbons (Fsp3) is 0.500. The number of nitrogens with zero attached hydrogens (tertiary/aromatic N) is 1. The first-order valence-electron chi connectivity index (χ1n) is 2.71. The third-order valence-corrected chi connectivity index (χ3v) is 0.681. The van der Waals surface area contributed by atoms with Crippen LogP contribution < -0.4 is 5.73 Å². The second-order valence-corrected chi connectivity index (χ2v) is 1.35. The van der Waals surface area contributed by atoms with Gasteiger partial charge in [-0.1, -0.05) is 12.2 Å². The minimum atomic E-state index is 0.539. The molecule has 0 aliphatic heterocycles. The third-order valence-electron chi connectivity index (χ3n) is 0.681. The van der Waals surface area contributed by atoms with Crippen LogP contribution in [0.15, 0.2) is 17.1 Å². The number of aliphatic imine (C=N–C) groups is 1. The van der Waals surface area contributed by atoms with Gasteiger partial charge in [0.15, 0.2) is 0 Å². The van der Waals surface area contributed by atoms with E-state index in [2.05, 4.69) is 4.99 Å². The lowest BCUT2D eigenvalue weighted by Gasteiger charge is -1.79. The van der Waals surface area contributed by atoms with Crippen molar-refractivity contribution in [1.82, 2.24) is 0 Å². The lowest BCUT2D eigenvalue weighted by atomic mass is 10.5. The van der Waals surface area contributed by atoms with Gasteiger partial charge in [0, 0.05) is 12.8 Å². The van der Waals surface area contributed by atoms with Gasteiger partial charge in [-0.2, -0.15) is 0 Å². The molecule has 0 aromatic rings. The molecule has 0 aromatic heterocycles.